The van der Waals surface area contributed by atoms with E-state index in [1.807, 2.05) is 6.26 Å². The van der Waals surface area contributed by atoms with Crippen molar-refractivity contribution in [2.45, 2.75) is 43.8 Å². The van der Waals surface area contributed by atoms with Gasteiger partial charge in [0.2, 0.25) is 0 Å². The van der Waals surface area contributed by atoms with Crippen LogP contribution in [0.15, 0.2) is 11.2 Å². The van der Waals surface area contributed by atoms with Gasteiger partial charge in [0, 0.05) is 11.8 Å². The fraction of sp³-hybridized carbons (Fsp3) is 0.500. The van der Waals surface area contributed by atoms with Gasteiger partial charge in [0.15, 0.2) is 5.16 Å². The summed E-state index contributed by atoms with van der Waals surface area (Å²) < 4.78 is 0. The Morgan fingerprint density at radius 1 is 1.29 bits per heavy atom. The van der Waals surface area contributed by atoms with Gasteiger partial charge in [-0.25, -0.2) is 9.97 Å². The molecular weight excluding hydrogens is 284 g/mol. The summed E-state index contributed by atoms with van der Waals surface area (Å²) in [5.74, 6) is 1.23. The molecule has 112 valence electrons. The molecule has 1 aliphatic carbocycles. The van der Waals surface area contributed by atoms with Gasteiger partial charge >= 0.3 is 0 Å². The van der Waals surface area contributed by atoms with E-state index in [0.717, 1.165) is 24.4 Å². The molecule has 4 N–H and O–H groups in total. The lowest BCUT2D eigenvalue weighted by atomic mass is 10.1. The molecule has 0 bridgehead atoms. The summed E-state index contributed by atoms with van der Waals surface area (Å²) in [6.07, 6.45) is 7.96. The van der Waals surface area contributed by atoms with E-state index >= 15 is 0 Å². The lowest BCUT2D eigenvalue weighted by Gasteiger charge is -2.07. The van der Waals surface area contributed by atoms with Crippen LogP contribution in [-0.2, 0) is 19.4 Å². The zero-order valence-electron chi connectivity index (χ0n) is 12.1. The van der Waals surface area contributed by atoms with Gasteiger partial charge in [-0.2, -0.15) is 5.10 Å². The number of nitrogens with one attached hydrogen (secondary N) is 2. The molecule has 7 heteroatoms. The number of nitrogens with two attached hydrogens (primary N) is 1. The summed E-state index contributed by atoms with van der Waals surface area (Å²) in [5.41, 5.74) is 9.57. The van der Waals surface area contributed by atoms with E-state index in [1.54, 1.807) is 6.07 Å². The molecule has 1 aliphatic rings. The lowest BCUT2D eigenvalue weighted by molar-refractivity contribution is 0.699. The second-order valence-electron chi connectivity index (χ2n) is 5.21. The van der Waals surface area contributed by atoms with Crippen molar-refractivity contribution in [2.24, 2.45) is 0 Å². The molecule has 0 atom stereocenters. The van der Waals surface area contributed by atoms with E-state index < -0.39 is 0 Å². The molecule has 0 amide bonds. The van der Waals surface area contributed by atoms with Crippen LogP contribution in [0.5, 0.6) is 0 Å². The van der Waals surface area contributed by atoms with Crippen molar-refractivity contribution >= 4 is 23.4 Å². The predicted molar refractivity (Wildman–Crippen MR) is 85.4 cm³/mol. The zero-order valence-corrected chi connectivity index (χ0v) is 13.0. The van der Waals surface area contributed by atoms with E-state index in [-0.39, 0.29) is 0 Å². The SMILES string of the molecule is CSc1nc(N)cc(NCc2n[nH]c3c2CCCCC3)n1. The Bertz CT molecular complexity index is 624. The smallest absolute Gasteiger partial charge is 0.191 e. The van der Waals surface area contributed by atoms with Gasteiger partial charge in [-0.1, -0.05) is 18.2 Å². The van der Waals surface area contributed by atoms with Crippen LogP contribution in [0, 0.1) is 0 Å². The van der Waals surface area contributed by atoms with Crippen molar-refractivity contribution in [1.82, 2.24) is 20.2 Å². The topological polar surface area (TPSA) is 92.5 Å². The number of aryl methyl sites for hydroxylation is 1. The summed E-state index contributed by atoms with van der Waals surface area (Å²) in [4.78, 5) is 8.55. The first-order chi connectivity index (χ1) is 10.3. The standard InChI is InChI=1S/C14H20N6S/c1-21-14-17-12(15)7-13(18-14)16-8-11-9-5-3-2-4-6-10(9)19-20-11/h7H,2-6,8H2,1H3,(H,19,20)(H3,15,16,17,18). The minimum atomic E-state index is 0.484. The third kappa shape index (κ3) is 3.29. The highest BCUT2D eigenvalue weighted by molar-refractivity contribution is 7.98. The van der Waals surface area contributed by atoms with Crippen LogP contribution < -0.4 is 11.1 Å². The van der Waals surface area contributed by atoms with Crippen LogP contribution in [-0.4, -0.2) is 26.4 Å². The quantitative estimate of drug-likeness (QED) is 0.456. The van der Waals surface area contributed by atoms with Crippen molar-refractivity contribution in [1.29, 1.82) is 0 Å². The number of thioether (sulfide) groups is 1. The number of aromatic amines is 1. The average Bonchev–Trinajstić information content (AvgIpc) is 2.71. The molecule has 21 heavy (non-hydrogen) atoms. The Kier molecular flexibility index (Phi) is 4.28. The molecule has 0 unspecified atom stereocenters. The maximum atomic E-state index is 5.79. The van der Waals surface area contributed by atoms with E-state index in [9.17, 15) is 0 Å². The van der Waals surface area contributed by atoms with Gasteiger partial charge in [-0.15, -0.1) is 0 Å². The Hall–Kier alpha value is -1.76. The van der Waals surface area contributed by atoms with Gasteiger partial charge in [0.1, 0.15) is 11.6 Å². The number of hydrogen-bond donors (Lipinski definition) is 3. The molecule has 3 rings (SSSR count). The van der Waals surface area contributed by atoms with Crippen LogP contribution in [0.1, 0.15) is 36.2 Å². The number of anilines is 2. The molecule has 0 fully saturated rings. The van der Waals surface area contributed by atoms with E-state index in [2.05, 4.69) is 25.5 Å². The first kappa shape index (κ1) is 14.2. The first-order valence-electron chi connectivity index (χ1n) is 7.23. The van der Waals surface area contributed by atoms with Crippen LogP contribution in [0.3, 0.4) is 0 Å². The Morgan fingerprint density at radius 2 is 2.14 bits per heavy atom. The fourth-order valence-electron chi connectivity index (χ4n) is 2.67. The number of rotatable bonds is 4. The second kappa shape index (κ2) is 6.34. The molecule has 0 saturated heterocycles. The highest BCUT2D eigenvalue weighted by atomic mass is 32.2. The summed E-state index contributed by atoms with van der Waals surface area (Å²) in [5, 5.41) is 11.6. The lowest BCUT2D eigenvalue weighted by Crippen LogP contribution is -2.06. The van der Waals surface area contributed by atoms with Crippen molar-refractivity contribution in [3.63, 3.8) is 0 Å². The van der Waals surface area contributed by atoms with Crippen molar-refractivity contribution < 1.29 is 0 Å². The number of H-pyrrole nitrogens is 1. The number of fused-ring (bicyclic) bond motifs is 1. The Labute approximate surface area is 128 Å². The normalized spacial score (nSPS) is 14.5. The fourth-order valence-corrected chi connectivity index (χ4v) is 3.06. The zero-order chi connectivity index (χ0) is 14.7. The Balaban J connectivity index is 1.73. The predicted octanol–water partition coefficient (Wildman–Crippen LogP) is 2.38. The van der Waals surface area contributed by atoms with Gasteiger partial charge in [-0.3, -0.25) is 5.10 Å². The molecule has 0 aromatic carbocycles. The van der Waals surface area contributed by atoms with Gasteiger partial charge in [0.25, 0.3) is 0 Å². The molecule has 6 nitrogen and oxygen atoms in total. The van der Waals surface area contributed by atoms with Crippen LogP contribution in [0.25, 0.3) is 0 Å². The molecular formula is C14H20N6S. The van der Waals surface area contributed by atoms with E-state index in [1.165, 1.54) is 42.3 Å². The van der Waals surface area contributed by atoms with Crippen molar-refractivity contribution in [2.75, 3.05) is 17.3 Å². The van der Waals surface area contributed by atoms with Gasteiger partial charge in [-0.05, 0) is 37.5 Å². The van der Waals surface area contributed by atoms with Crippen molar-refractivity contribution in [3.8, 4) is 0 Å². The monoisotopic (exact) mass is 304 g/mol. The summed E-state index contributed by atoms with van der Waals surface area (Å²) in [6, 6.07) is 1.76. The third-order valence-electron chi connectivity index (χ3n) is 3.74. The first-order valence-corrected chi connectivity index (χ1v) is 8.46. The molecule has 2 aromatic heterocycles. The van der Waals surface area contributed by atoms with Crippen molar-refractivity contribution in [3.05, 3.63) is 23.0 Å². The minimum absolute atomic E-state index is 0.484. The summed E-state index contributed by atoms with van der Waals surface area (Å²) >= 11 is 1.48. The summed E-state index contributed by atoms with van der Waals surface area (Å²) in [7, 11) is 0. The molecule has 0 radical (unpaired) electrons. The maximum absolute atomic E-state index is 5.79. The average molecular weight is 304 g/mol. The Morgan fingerprint density at radius 3 is 3.00 bits per heavy atom. The van der Waals surface area contributed by atoms with E-state index in [4.69, 9.17) is 5.73 Å². The number of hydrogen-bond acceptors (Lipinski definition) is 6. The second-order valence-corrected chi connectivity index (χ2v) is 5.98. The third-order valence-corrected chi connectivity index (χ3v) is 4.28. The molecule has 2 heterocycles. The number of nitrogen functional groups attached to an aromatic ring is 1. The number of aromatic nitrogens is 4. The minimum Gasteiger partial charge on any atom is -0.383 e. The highest BCUT2D eigenvalue weighted by Gasteiger charge is 2.15. The van der Waals surface area contributed by atoms with Gasteiger partial charge < -0.3 is 11.1 Å². The molecule has 2 aromatic rings. The van der Waals surface area contributed by atoms with E-state index in [0.29, 0.717) is 17.5 Å². The molecule has 0 aliphatic heterocycles. The van der Waals surface area contributed by atoms with Gasteiger partial charge in [0.05, 0.1) is 12.2 Å². The summed E-state index contributed by atoms with van der Waals surface area (Å²) in [6.45, 7) is 0.663. The molecule has 0 spiro atoms. The van der Waals surface area contributed by atoms with Crippen LogP contribution in [0.2, 0.25) is 0 Å². The number of nitrogens with zero attached hydrogens (tertiary/aromatic N) is 3. The largest absolute Gasteiger partial charge is 0.383 e. The molecule has 0 saturated carbocycles. The van der Waals surface area contributed by atoms with Crippen LogP contribution >= 0.6 is 11.8 Å². The highest BCUT2D eigenvalue weighted by Crippen LogP contribution is 2.22. The maximum Gasteiger partial charge on any atom is 0.191 e. The van der Waals surface area contributed by atoms with Crippen LogP contribution in [0.4, 0.5) is 11.6 Å².